The van der Waals surface area contributed by atoms with Crippen LogP contribution in [0.5, 0.6) is 5.75 Å². The molecular formula is C22H22N6O2. The number of aromatic nitrogens is 4. The summed E-state index contributed by atoms with van der Waals surface area (Å²) in [4.78, 5) is 25.1. The van der Waals surface area contributed by atoms with Crippen molar-refractivity contribution in [2.75, 3.05) is 11.9 Å². The molecule has 3 heterocycles. The van der Waals surface area contributed by atoms with Crippen LogP contribution in [0, 0.1) is 0 Å². The second-order valence-corrected chi connectivity index (χ2v) is 6.74. The molecule has 3 aromatic heterocycles. The Balaban J connectivity index is 1.68. The smallest absolute Gasteiger partial charge is 0.252 e. The monoisotopic (exact) mass is 402 g/mol. The number of rotatable bonds is 8. The summed E-state index contributed by atoms with van der Waals surface area (Å²) in [6, 6.07) is 12.9. The maximum Gasteiger partial charge on any atom is 0.252 e. The highest BCUT2D eigenvalue weighted by Gasteiger charge is 2.13. The molecule has 8 nitrogen and oxygen atoms in total. The zero-order chi connectivity index (χ0) is 20.9. The van der Waals surface area contributed by atoms with Crippen LogP contribution in [-0.2, 0) is 0 Å². The van der Waals surface area contributed by atoms with Crippen LogP contribution in [-0.4, -0.2) is 31.9 Å². The third-order valence-corrected chi connectivity index (χ3v) is 4.61. The van der Waals surface area contributed by atoms with E-state index in [4.69, 9.17) is 15.5 Å². The number of nitrogens with one attached hydrogen (secondary N) is 1. The van der Waals surface area contributed by atoms with Gasteiger partial charge in [-0.25, -0.2) is 15.0 Å². The molecule has 0 unspecified atom stereocenters. The Morgan fingerprint density at radius 3 is 2.77 bits per heavy atom. The van der Waals surface area contributed by atoms with Crippen LogP contribution in [0.2, 0.25) is 0 Å². The molecule has 0 aliphatic carbocycles. The van der Waals surface area contributed by atoms with E-state index in [0.717, 1.165) is 29.8 Å². The van der Waals surface area contributed by atoms with Gasteiger partial charge < -0.3 is 15.8 Å². The number of primary amides is 1. The Hall–Kier alpha value is -3.94. The molecule has 1 aromatic carbocycles. The molecule has 0 saturated heterocycles. The normalized spacial score (nSPS) is 10.8. The van der Waals surface area contributed by atoms with Gasteiger partial charge >= 0.3 is 0 Å². The van der Waals surface area contributed by atoms with E-state index in [1.165, 1.54) is 0 Å². The molecular weight excluding hydrogens is 380 g/mol. The zero-order valence-corrected chi connectivity index (χ0v) is 16.6. The first-order valence-corrected chi connectivity index (χ1v) is 9.75. The van der Waals surface area contributed by atoms with Crippen LogP contribution in [0.3, 0.4) is 0 Å². The van der Waals surface area contributed by atoms with Crippen molar-refractivity contribution >= 4 is 23.3 Å². The molecule has 0 aliphatic rings. The lowest BCUT2D eigenvalue weighted by Gasteiger charge is -2.12. The van der Waals surface area contributed by atoms with Crippen LogP contribution >= 0.6 is 0 Å². The quantitative estimate of drug-likeness (QED) is 0.434. The van der Waals surface area contributed by atoms with Gasteiger partial charge in [0, 0.05) is 30.2 Å². The summed E-state index contributed by atoms with van der Waals surface area (Å²) in [6.45, 7) is 2.83. The predicted octanol–water partition coefficient (Wildman–Crippen LogP) is 3.81. The maximum atomic E-state index is 11.7. The van der Waals surface area contributed by atoms with E-state index in [0.29, 0.717) is 24.0 Å². The van der Waals surface area contributed by atoms with Crippen molar-refractivity contribution in [3.8, 4) is 17.0 Å². The minimum absolute atomic E-state index is 0.284. The number of anilines is 2. The van der Waals surface area contributed by atoms with Crippen molar-refractivity contribution in [3.05, 3.63) is 66.6 Å². The predicted molar refractivity (Wildman–Crippen MR) is 115 cm³/mol. The number of imidazole rings is 1. The first-order chi connectivity index (χ1) is 14.7. The standard InChI is InChI=1S/C22H22N6O2/c1-2-3-13-30-16-8-6-15(7-9-16)18-14-19-24-11-12-28(19)22(26-18)27-21-17(20(23)29)5-4-10-25-21/h4-12,14H,2-3,13H2,1H3,(H2,23,29)(H,25,26,27). The largest absolute Gasteiger partial charge is 0.494 e. The highest BCUT2D eigenvalue weighted by Crippen LogP contribution is 2.25. The molecule has 4 aromatic rings. The fraction of sp³-hybridized carbons (Fsp3) is 0.182. The summed E-state index contributed by atoms with van der Waals surface area (Å²) in [5.74, 6) is 1.07. The van der Waals surface area contributed by atoms with Gasteiger partial charge in [-0.2, -0.15) is 0 Å². The van der Waals surface area contributed by atoms with Gasteiger partial charge in [0.2, 0.25) is 5.95 Å². The Bertz CT molecular complexity index is 1170. The van der Waals surface area contributed by atoms with Crippen molar-refractivity contribution in [2.45, 2.75) is 19.8 Å². The third kappa shape index (κ3) is 4.07. The number of ether oxygens (including phenoxy) is 1. The zero-order valence-electron chi connectivity index (χ0n) is 16.6. The van der Waals surface area contributed by atoms with Gasteiger partial charge in [-0.15, -0.1) is 0 Å². The van der Waals surface area contributed by atoms with Gasteiger partial charge in [0.05, 0.1) is 17.9 Å². The molecule has 0 radical (unpaired) electrons. The highest BCUT2D eigenvalue weighted by atomic mass is 16.5. The van der Waals surface area contributed by atoms with E-state index in [1.807, 2.05) is 30.3 Å². The number of carbonyl (C=O) groups is 1. The number of hydrogen-bond donors (Lipinski definition) is 2. The van der Waals surface area contributed by atoms with Crippen molar-refractivity contribution in [2.24, 2.45) is 5.73 Å². The van der Waals surface area contributed by atoms with Crippen LogP contribution in [0.4, 0.5) is 11.8 Å². The lowest BCUT2D eigenvalue weighted by atomic mass is 10.1. The lowest BCUT2D eigenvalue weighted by molar-refractivity contribution is 0.100. The van der Waals surface area contributed by atoms with E-state index >= 15 is 0 Å². The molecule has 0 aliphatic heterocycles. The summed E-state index contributed by atoms with van der Waals surface area (Å²) in [5.41, 5.74) is 8.11. The maximum absolute atomic E-state index is 11.7. The van der Waals surface area contributed by atoms with Crippen molar-refractivity contribution in [1.29, 1.82) is 0 Å². The minimum atomic E-state index is -0.567. The minimum Gasteiger partial charge on any atom is -0.494 e. The second-order valence-electron chi connectivity index (χ2n) is 6.74. The summed E-state index contributed by atoms with van der Waals surface area (Å²) in [5, 5.41) is 3.11. The van der Waals surface area contributed by atoms with E-state index < -0.39 is 5.91 Å². The molecule has 8 heteroatoms. The Kier molecular flexibility index (Phi) is 5.56. The van der Waals surface area contributed by atoms with Gasteiger partial charge in [0.15, 0.2) is 0 Å². The Morgan fingerprint density at radius 1 is 1.17 bits per heavy atom. The first-order valence-electron chi connectivity index (χ1n) is 9.75. The average molecular weight is 402 g/mol. The average Bonchev–Trinajstić information content (AvgIpc) is 3.24. The van der Waals surface area contributed by atoms with Gasteiger partial charge in [-0.05, 0) is 42.8 Å². The Morgan fingerprint density at radius 2 is 2.00 bits per heavy atom. The summed E-state index contributed by atoms with van der Waals surface area (Å²) in [7, 11) is 0. The fourth-order valence-electron chi connectivity index (χ4n) is 3.03. The summed E-state index contributed by atoms with van der Waals surface area (Å²) < 4.78 is 7.52. The lowest BCUT2D eigenvalue weighted by Crippen LogP contribution is -2.15. The molecule has 0 fully saturated rings. The molecule has 3 N–H and O–H groups in total. The van der Waals surface area contributed by atoms with E-state index in [2.05, 4.69) is 22.2 Å². The molecule has 1 amide bonds. The third-order valence-electron chi connectivity index (χ3n) is 4.61. The topological polar surface area (TPSA) is 107 Å². The van der Waals surface area contributed by atoms with Crippen molar-refractivity contribution < 1.29 is 9.53 Å². The van der Waals surface area contributed by atoms with Crippen molar-refractivity contribution in [1.82, 2.24) is 19.4 Å². The fourth-order valence-corrected chi connectivity index (χ4v) is 3.03. The first kappa shape index (κ1) is 19.4. The van der Waals surface area contributed by atoms with E-state index in [1.54, 1.807) is 35.1 Å². The molecule has 152 valence electrons. The number of unbranched alkanes of at least 4 members (excludes halogenated alkanes) is 1. The van der Waals surface area contributed by atoms with Crippen LogP contribution < -0.4 is 15.8 Å². The SMILES string of the molecule is CCCCOc1ccc(-c2cc3nccn3c(Nc3ncccc3C(N)=O)n2)cc1. The van der Waals surface area contributed by atoms with Crippen LogP contribution in [0.15, 0.2) is 61.1 Å². The number of amides is 1. The summed E-state index contributed by atoms with van der Waals surface area (Å²) >= 11 is 0. The number of pyridine rings is 1. The molecule has 0 saturated carbocycles. The number of fused-ring (bicyclic) bond motifs is 1. The van der Waals surface area contributed by atoms with E-state index in [-0.39, 0.29) is 5.56 Å². The second kappa shape index (κ2) is 8.60. The van der Waals surface area contributed by atoms with Crippen LogP contribution in [0.25, 0.3) is 16.9 Å². The highest BCUT2D eigenvalue weighted by molar-refractivity contribution is 5.98. The van der Waals surface area contributed by atoms with Gasteiger partial charge in [-0.3, -0.25) is 9.20 Å². The number of hydrogen-bond acceptors (Lipinski definition) is 6. The van der Waals surface area contributed by atoms with Crippen LogP contribution in [0.1, 0.15) is 30.1 Å². The molecule has 0 bridgehead atoms. The molecule has 4 rings (SSSR count). The molecule has 0 spiro atoms. The number of benzene rings is 1. The number of nitrogens with two attached hydrogens (primary N) is 1. The molecule has 30 heavy (non-hydrogen) atoms. The van der Waals surface area contributed by atoms with Crippen molar-refractivity contribution in [3.63, 3.8) is 0 Å². The molecule has 0 atom stereocenters. The number of nitrogens with zero attached hydrogens (tertiary/aromatic N) is 4. The van der Waals surface area contributed by atoms with E-state index in [9.17, 15) is 4.79 Å². The van der Waals surface area contributed by atoms with Gasteiger partial charge in [-0.1, -0.05) is 13.3 Å². The Labute approximate surface area is 173 Å². The summed E-state index contributed by atoms with van der Waals surface area (Å²) in [6.07, 6.45) is 7.17. The van der Waals surface area contributed by atoms with Gasteiger partial charge in [0.25, 0.3) is 5.91 Å². The number of carbonyl (C=O) groups excluding carboxylic acids is 1. The van der Waals surface area contributed by atoms with Gasteiger partial charge in [0.1, 0.15) is 17.2 Å².